The number of aromatic nitrogens is 1. The van der Waals surface area contributed by atoms with E-state index in [0.717, 1.165) is 6.42 Å². The van der Waals surface area contributed by atoms with Gasteiger partial charge in [-0.2, -0.15) is 0 Å². The van der Waals surface area contributed by atoms with Crippen molar-refractivity contribution in [2.24, 2.45) is 10.8 Å². The lowest BCUT2D eigenvalue weighted by Gasteiger charge is -2.20. The molecule has 0 bridgehead atoms. The van der Waals surface area contributed by atoms with Crippen molar-refractivity contribution in [3.63, 3.8) is 0 Å². The van der Waals surface area contributed by atoms with Crippen molar-refractivity contribution in [1.29, 1.82) is 0 Å². The minimum atomic E-state index is -0.880. The quantitative estimate of drug-likeness (QED) is 0.870. The summed E-state index contributed by atoms with van der Waals surface area (Å²) in [7, 11) is 0. The normalized spacial score (nSPS) is 20.5. The van der Waals surface area contributed by atoms with Gasteiger partial charge in [0.05, 0.1) is 5.41 Å². The molecule has 1 fully saturated rings. The third kappa shape index (κ3) is 3.81. The molecule has 0 radical (unpaired) electrons. The molecule has 0 aliphatic carbocycles. The maximum atomic E-state index is 12.4. The van der Waals surface area contributed by atoms with Crippen LogP contribution in [0.1, 0.15) is 40.0 Å². The summed E-state index contributed by atoms with van der Waals surface area (Å²) < 4.78 is 5.76. The summed E-state index contributed by atoms with van der Waals surface area (Å²) in [6.45, 7) is 8.66. The molecule has 1 unspecified atom stereocenters. The molecule has 7 heteroatoms. The highest BCUT2D eigenvalue weighted by atomic mass is 16.4. The number of nitrogens with zero attached hydrogens (tertiary/aromatic N) is 2. The number of anilines is 1. The lowest BCUT2D eigenvalue weighted by molar-refractivity contribution is -0.146. The van der Waals surface area contributed by atoms with E-state index in [-0.39, 0.29) is 18.0 Å². The summed E-state index contributed by atoms with van der Waals surface area (Å²) in [5.41, 5.74) is 1.18. The Morgan fingerprint density at radius 1 is 1.38 bits per heavy atom. The molecular weight excluding hydrogens is 334 g/mol. The SMILES string of the molecule is CC(C)(C)Cc1nc2cc(NC(=O)N3CCC(C)(C(=O)O)C3)ccc2o1. The average molecular weight is 359 g/mol. The number of carbonyl (C=O) groups excluding carboxylic acids is 1. The van der Waals surface area contributed by atoms with Crippen molar-refractivity contribution in [1.82, 2.24) is 9.88 Å². The van der Waals surface area contributed by atoms with Crippen LogP contribution >= 0.6 is 0 Å². The molecule has 2 N–H and O–H groups in total. The van der Waals surface area contributed by atoms with E-state index in [1.54, 1.807) is 25.1 Å². The molecule has 26 heavy (non-hydrogen) atoms. The summed E-state index contributed by atoms with van der Waals surface area (Å²) in [6.07, 6.45) is 1.18. The smallest absolute Gasteiger partial charge is 0.321 e. The molecule has 1 aliphatic rings. The number of fused-ring (bicyclic) bond motifs is 1. The average Bonchev–Trinajstić information content (AvgIpc) is 3.09. The third-order valence-electron chi connectivity index (χ3n) is 4.64. The number of oxazole rings is 1. The number of carboxylic acids is 1. The Hall–Kier alpha value is -2.57. The van der Waals surface area contributed by atoms with Gasteiger partial charge in [-0.05, 0) is 37.0 Å². The van der Waals surface area contributed by atoms with Crippen molar-refractivity contribution in [3.05, 3.63) is 24.1 Å². The van der Waals surface area contributed by atoms with Gasteiger partial charge in [0.2, 0.25) is 0 Å². The summed E-state index contributed by atoms with van der Waals surface area (Å²) in [6, 6.07) is 5.02. The Morgan fingerprint density at radius 2 is 2.12 bits per heavy atom. The van der Waals surface area contributed by atoms with E-state index >= 15 is 0 Å². The maximum Gasteiger partial charge on any atom is 0.321 e. The van der Waals surface area contributed by atoms with Crippen LogP contribution in [0, 0.1) is 10.8 Å². The van der Waals surface area contributed by atoms with E-state index in [4.69, 9.17) is 4.42 Å². The molecule has 2 amide bonds. The molecule has 2 heterocycles. The third-order valence-corrected chi connectivity index (χ3v) is 4.64. The number of amides is 2. The highest BCUT2D eigenvalue weighted by molar-refractivity contribution is 5.92. The lowest BCUT2D eigenvalue weighted by Crippen LogP contribution is -2.37. The van der Waals surface area contributed by atoms with Gasteiger partial charge in [-0.3, -0.25) is 4.79 Å². The zero-order chi connectivity index (χ0) is 19.1. The predicted molar refractivity (Wildman–Crippen MR) is 98.1 cm³/mol. The molecule has 3 rings (SSSR count). The van der Waals surface area contributed by atoms with Crippen molar-refractivity contribution in [3.8, 4) is 0 Å². The van der Waals surface area contributed by atoms with Gasteiger partial charge in [0.15, 0.2) is 11.5 Å². The second-order valence-corrected chi connectivity index (χ2v) is 8.50. The fraction of sp³-hybridized carbons (Fsp3) is 0.526. The molecule has 140 valence electrons. The minimum absolute atomic E-state index is 0.0739. The standard InChI is InChI=1S/C19H25N3O4/c1-18(2,3)10-15-21-13-9-12(5-6-14(13)26-15)20-17(25)22-8-7-19(4,11-22)16(23)24/h5-6,9H,7-8,10-11H2,1-4H3,(H,20,25)(H,23,24). The number of hydrogen-bond donors (Lipinski definition) is 2. The highest BCUT2D eigenvalue weighted by Crippen LogP contribution is 2.31. The maximum absolute atomic E-state index is 12.4. The second kappa shape index (κ2) is 6.30. The van der Waals surface area contributed by atoms with Crippen molar-refractivity contribution >= 4 is 28.8 Å². The molecule has 0 saturated carbocycles. The van der Waals surface area contributed by atoms with Gasteiger partial charge in [0.1, 0.15) is 5.52 Å². The zero-order valence-corrected chi connectivity index (χ0v) is 15.6. The van der Waals surface area contributed by atoms with Crippen molar-refractivity contribution in [2.75, 3.05) is 18.4 Å². The Bertz CT molecular complexity index is 852. The van der Waals surface area contributed by atoms with Gasteiger partial charge < -0.3 is 19.7 Å². The Balaban J connectivity index is 1.71. The molecule has 0 spiro atoms. The van der Waals surface area contributed by atoms with Crippen LogP contribution in [0.3, 0.4) is 0 Å². The fourth-order valence-corrected chi connectivity index (χ4v) is 3.09. The first kappa shape index (κ1) is 18.2. The molecule has 1 aliphatic heterocycles. The Kier molecular flexibility index (Phi) is 4.42. The first-order chi connectivity index (χ1) is 12.1. The lowest BCUT2D eigenvalue weighted by atomic mass is 9.90. The van der Waals surface area contributed by atoms with Crippen LogP contribution < -0.4 is 5.32 Å². The summed E-state index contributed by atoms with van der Waals surface area (Å²) in [5.74, 6) is -0.198. The van der Waals surface area contributed by atoms with E-state index in [9.17, 15) is 14.7 Å². The fourth-order valence-electron chi connectivity index (χ4n) is 3.09. The highest BCUT2D eigenvalue weighted by Gasteiger charge is 2.42. The minimum Gasteiger partial charge on any atom is -0.481 e. The molecule has 1 atom stereocenters. The number of carbonyl (C=O) groups is 2. The number of nitrogens with one attached hydrogen (secondary N) is 1. The summed E-state index contributed by atoms with van der Waals surface area (Å²) >= 11 is 0. The molecule has 7 nitrogen and oxygen atoms in total. The second-order valence-electron chi connectivity index (χ2n) is 8.50. The Morgan fingerprint density at radius 3 is 2.73 bits per heavy atom. The number of likely N-dealkylation sites (tertiary alicyclic amines) is 1. The van der Waals surface area contributed by atoms with Gasteiger partial charge in [-0.15, -0.1) is 0 Å². The van der Waals surface area contributed by atoms with Crippen LogP contribution in [0.5, 0.6) is 0 Å². The topological polar surface area (TPSA) is 95.7 Å². The zero-order valence-electron chi connectivity index (χ0n) is 15.6. The van der Waals surface area contributed by atoms with Gasteiger partial charge in [0.25, 0.3) is 0 Å². The molecule has 1 aromatic carbocycles. The number of benzene rings is 1. The number of carboxylic acid groups (broad SMARTS) is 1. The van der Waals surface area contributed by atoms with Crippen LogP contribution in [0.15, 0.2) is 22.6 Å². The van der Waals surface area contributed by atoms with E-state index in [0.29, 0.717) is 35.6 Å². The number of hydrogen-bond acceptors (Lipinski definition) is 4. The van der Waals surface area contributed by atoms with E-state index in [1.165, 1.54) is 4.90 Å². The Labute approximate surface area is 152 Å². The van der Waals surface area contributed by atoms with Crippen LogP contribution in [0.2, 0.25) is 0 Å². The largest absolute Gasteiger partial charge is 0.481 e. The van der Waals surface area contributed by atoms with Gasteiger partial charge in [0, 0.05) is 25.2 Å². The van der Waals surface area contributed by atoms with Crippen LogP contribution in [0.4, 0.5) is 10.5 Å². The summed E-state index contributed by atoms with van der Waals surface area (Å²) in [5, 5.41) is 12.1. The molecule has 1 aromatic heterocycles. The number of urea groups is 1. The number of aliphatic carboxylic acids is 1. The van der Waals surface area contributed by atoms with Crippen LogP contribution in [-0.2, 0) is 11.2 Å². The van der Waals surface area contributed by atoms with Crippen LogP contribution in [0.25, 0.3) is 11.1 Å². The molecular formula is C19H25N3O4. The van der Waals surface area contributed by atoms with E-state index < -0.39 is 11.4 Å². The van der Waals surface area contributed by atoms with Gasteiger partial charge >= 0.3 is 12.0 Å². The predicted octanol–water partition coefficient (Wildman–Crippen LogP) is 3.74. The monoisotopic (exact) mass is 359 g/mol. The van der Waals surface area contributed by atoms with Gasteiger partial charge in [-0.1, -0.05) is 20.8 Å². The molecule has 2 aromatic rings. The van der Waals surface area contributed by atoms with Crippen molar-refractivity contribution < 1.29 is 19.1 Å². The number of rotatable bonds is 3. The summed E-state index contributed by atoms with van der Waals surface area (Å²) in [4.78, 5) is 29.8. The van der Waals surface area contributed by atoms with Crippen LogP contribution in [-0.4, -0.2) is 40.1 Å². The van der Waals surface area contributed by atoms with E-state index in [2.05, 4.69) is 31.1 Å². The van der Waals surface area contributed by atoms with E-state index in [1.807, 2.05) is 0 Å². The van der Waals surface area contributed by atoms with Gasteiger partial charge in [-0.25, -0.2) is 9.78 Å². The first-order valence-corrected chi connectivity index (χ1v) is 8.75. The van der Waals surface area contributed by atoms with Crippen molar-refractivity contribution in [2.45, 2.75) is 40.5 Å². The molecule has 1 saturated heterocycles. The first-order valence-electron chi connectivity index (χ1n) is 8.75.